The topological polar surface area (TPSA) is 15.7 Å². The van der Waals surface area contributed by atoms with E-state index in [1.807, 2.05) is 0 Å². The van der Waals surface area contributed by atoms with Crippen LogP contribution in [0, 0.1) is 0 Å². The highest BCUT2D eigenvalue weighted by Gasteiger charge is 2.44. The number of likely N-dealkylation sites (N-methyl/N-ethyl adjacent to an activating group) is 1. The summed E-state index contributed by atoms with van der Waals surface area (Å²) in [6, 6.07) is 14.6. The summed E-state index contributed by atoms with van der Waals surface area (Å²) >= 11 is 0. The molecule has 118 valence electrons. The van der Waals surface area contributed by atoms with Crippen molar-refractivity contribution in [3.8, 4) is 5.75 Å². The zero-order valence-corrected chi connectivity index (χ0v) is 13.7. The molecule has 23 heavy (non-hydrogen) atoms. The average Bonchev–Trinajstić information content (AvgIpc) is 2.90. The van der Waals surface area contributed by atoms with Crippen molar-refractivity contribution in [2.24, 2.45) is 0 Å². The molecule has 0 N–H and O–H groups in total. The molecule has 1 aliphatic carbocycles. The molecule has 0 radical (unpaired) electrons. The van der Waals surface area contributed by atoms with Crippen LogP contribution >= 0.6 is 0 Å². The van der Waals surface area contributed by atoms with E-state index in [1.54, 1.807) is 18.2 Å². The minimum atomic E-state index is 0.509. The predicted octanol–water partition coefficient (Wildman–Crippen LogP) is 3.02. The fourth-order valence-electron chi connectivity index (χ4n) is 4.82. The lowest BCUT2D eigenvalue weighted by molar-refractivity contribution is 0.186. The van der Waals surface area contributed by atoms with Crippen LogP contribution in [0.25, 0.3) is 0 Å². The van der Waals surface area contributed by atoms with E-state index in [-0.39, 0.29) is 0 Å². The Labute approximate surface area is 137 Å². The summed E-state index contributed by atoms with van der Waals surface area (Å²) in [4.78, 5) is 5.21. The van der Waals surface area contributed by atoms with Gasteiger partial charge in [-0.1, -0.05) is 18.2 Å². The van der Waals surface area contributed by atoms with Crippen molar-refractivity contribution in [2.75, 3.05) is 32.1 Å². The minimum Gasteiger partial charge on any atom is -0.497 e. The summed E-state index contributed by atoms with van der Waals surface area (Å²) in [5, 5.41) is 0. The summed E-state index contributed by atoms with van der Waals surface area (Å²) in [5.41, 5.74) is 7.45. The third-order valence-corrected chi connectivity index (χ3v) is 5.95. The van der Waals surface area contributed by atoms with Crippen molar-refractivity contribution >= 4 is 5.69 Å². The number of hydrogen-bond donors (Lipinski definition) is 0. The van der Waals surface area contributed by atoms with Crippen LogP contribution in [-0.4, -0.2) is 38.2 Å². The van der Waals surface area contributed by atoms with E-state index in [4.69, 9.17) is 4.74 Å². The summed E-state index contributed by atoms with van der Waals surface area (Å²) in [7, 11) is 4.04. The van der Waals surface area contributed by atoms with Gasteiger partial charge in [0.05, 0.1) is 13.2 Å². The Morgan fingerprint density at radius 2 is 1.91 bits per heavy atom. The van der Waals surface area contributed by atoms with E-state index < -0.39 is 0 Å². The average molecular weight is 306 g/mol. The van der Waals surface area contributed by atoms with Gasteiger partial charge in [0.15, 0.2) is 0 Å². The van der Waals surface area contributed by atoms with Crippen LogP contribution in [0.2, 0.25) is 0 Å². The number of nitrogens with zero attached hydrogens (tertiary/aromatic N) is 2. The number of piperazine rings is 1. The maximum Gasteiger partial charge on any atom is 0.119 e. The fraction of sp³-hybridized carbons (Fsp3) is 0.400. The highest BCUT2D eigenvalue weighted by Crippen LogP contribution is 2.48. The zero-order chi connectivity index (χ0) is 15.6. The van der Waals surface area contributed by atoms with Crippen molar-refractivity contribution in [2.45, 2.75) is 24.9 Å². The SMILES string of the molecule is COc1ccc2c(c1)Cc1cccc3c1[C@H]1[C@H](C3)N(C)CCN21. The number of rotatable bonds is 1. The lowest BCUT2D eigenvalue weighted by Crippen LogP contribution is -2.52. The number of ether oxygens (including phenoxy) is 1. The third kappa shape index (κ3) is 1.80. The lowest BCUT2D eigenvalue weighted by Gasteiger charge is -2.44. The zero-order valence-electron chi connectivity index (χ0n) is 13.7. The van der Waals surface area contributed by atoms with Crippen LogP contribution in [0.15, 0.2) is 36.4 Å². The van der Waals surface area contributed by atoms with E-state index in [1.165, 1.54) is 23.2 Å². The van der Waals surface area contributed by atoms with E-state index in [0.717, 1.165) is 25.3 Å². The van der Waals surface area contributed by atoms with Gasteiger partial charge in [0.2, 0.25) is 0 Å². The minimum absolute atomic E-state index is 0.509. The Morgan fingerprint density at radius 3 is 2.78 bits per heavy atom. The Kier molecular flexibility index (Phi) is 2.77. The monoisotopic (exact) mass is 306 g/mol. The predicted molar refractivity (Wildman–Crippen MR) is 92.5 cm³/mol. The molecule has 2 aromatic carbocycles. The molecular formula is C20H22N2O. The van der Waals surface area contributed by atoms with E-state index >= 15 is 0 Å². The van der Waals surface area contributed by atoms with Crippen molar-refractivity contribution in [1.82, 2.24) is 4.90 Å². The molecule has 0 spiro atoms. The molecule has 0 aromatic heterocycles. The lowest BCUT2D eigenvalue weighted by atomic mass is 9.96. The van der Waals surface area contributed by atoms with Crippen LogP contribution in [0.1, 0.15) is 28.3 Å². The number of hydrogen-bond acceptors (Lipinski definition) is 3. The largest absolute Gasteiger partial charge is 0.497 e. The van der Waals surface area contributed by atoms with E-state index in [2.05, 4.69) is 53.2 Å². The van der Waals surface area contributed by atoms with Gasteiger partial charge in [-0.15, -0.1) is 0 Å². The van der Waals surface area contributed by atoms with Gasteiger partial charge in [-0.25, -0.2) is 0 Å². The quantitative estimate of drug-likeness (QED) is 0.805. The normalized spacial score (nSPS) is 24.9. The molecule has 0 saturated carbocycles. The second-order valence-electron chi connectivity index (χ2n) is 7.05. The van der Waals surface area contributed by atoms with Gasteiger partial charge in [-0.2, -0.15) is 0 Å². The first-order chi connectivity index (χ1) is 11.3. The molecule has 2 atom stereocenters. The second-order valence-corrected chi connectivity index (χ2v) is 7.05. The van der Waals surface area contributed by atoms with Crippen molar-refractivity contribution in [1.29, 1.82) is 0 Å². The van der Waals surface area contributed by atoms with Crippen LogP contribution < -0.4 is 9.64 Å². The van der Waals surface area contributed by atoms with Crippen molar-refractivity contribution in [3.05, 3.63) is 58.7 Å². The first-order valence-electron chi connectivity index (χ1n) is 8.51. The standard InChI is InChI=1S/C20H22N2O/c1-21-8-9-22-17-7-6-16(23-2)11-15(17)10-13-4-3-5-14-12-18(21)20(22)19(13)14/h3-7,11,18,20H,8-10,12H2,1-2H3/t18-,20+/m0/s1. The van der Waals surface area contributed by atoms with E-state index in [9.17, 15) is 0 Å². The Balaban J connectivity index is 1.75. The molecule has 0 amide bonds. The summed E-state index contributed by atoms with van der Waals surface area (Å²) in [6.45, 7) is 2.24. The Bertz CT molecular complexity index is 785. The number of anilines is 1. The molecule has 2 heterocycles. The van der Waals surface area contributed by atoms with Crippen LogP contribution in [0.5, 0.6) is 5.75 Å². The van der Waals surface area contributed by atoms with Crippen molar-refractivity contribution < 1.29 is 4.74 Å². The molecule has 2 aliphatic heterocycles. The first-order valence-corrected chi connectivity index (χ1v) is 8.51. The fourth-order valence-corrected chi connectivity index (χ4v) is 4.82. The number of fused-ring (bicyclic) bond motifs is 2. The molecule has 0 bridgehead atoms. The molecular weight excluding hydrogens is 284 g/mol. The molecule has 3 heteroatoms. The van der Waals surface area contributed by atoms with Gasteiger partial charge in [0.25, 0.3) is 0 Å². The second kappa shape index (κ2) is 4.75. The molecule has 0 unspecified atom stereocenters. The molecule has 1 saturated heterocycles. The molecule has 3 aliphatic rings. The highest BCUT2D eigenvalue weighted by atomic mass is 16.5. The summed E-state index contributed by atoms with van der Waals surface area (Å²) in [6.07, 6.45) is 2.20. The van der Waals surface area contributed by atoms with Gasteiger partial charge in [-0.3, -0.25) is 4.90 Å². The molecule has 3 nitrogen and oxygen atoms in total. The van der Waals surface area contributed by atoms with Gasteiger partial charge in [0.1, 0.15) is 5.75 Å². The highest BCUT2D eigenvalue weighted by molar-refractivity contribution is 5.65. The first kappa shape index (κ1) is 13.4. The Hall–Kier alpha value is -2.00. The van der Waals surface area contributed by atoms with Gasteiger partial charge in [0, 0.05) is 24.8 Å². The van der Waals surface area contributed by atoms with Crippen molar-refractivity contribution in [3.63, 3.8) is 0 Å². The van der Waals surface area contributed by atoms with Gasteiger partial charge in [-0.05, 0) is 60.3 Å². The van der Waals surface area contributed by atoms with E-state index in [0.29, 0.717) is 12.1 Å². The molecule has 1 fully saturated rings. The summed E-state index contributed by atoms with van der Waals surface area (Å²) in [5.74, 6) is 0.961. The smallest absolute Gasteiger partial charge is 0.119 e. The molecule has 2 aromatic rings. The maximum absolute atomic E-state index is 5.47. The Morgan fingerprint density at radius 1 is 1.04 bits per heavy atom. The van der Waals surface area contributed by atoms with Gasteiger partial charge >= 0.3 is 0 Å². The van der Waals surface area contributed by atoms with Crippen LogP contribution in [0.4, 0.5) is 5.69 Å². The number of methoxy groups -OCH3 is 1. The number of benzene rings is 2. The summed E-state index contributed by atoms with van der Waals surface area (Å²) < 4.78 is 5.47. The van der Waals surface area contributed by atoms with Gasteiger partial charge < -0.3 is 9.64 Å². The maximum atomic E-state index is 5.47. The van der Waals surface area contributed by atoms with Crippen LogP contribution in [-0.2, 0) is 12.8 Å². The van der Waals surface area contributed by atoms with Crippen LogP contribution in [0.3, 0.4) is 0 Å². The third-order valence-electron chi connectivity index (χ3n) is 5.95. The molecule has 5 rings (SSSR count).